The zero-order valence-electron chi connectivity index (χ0n) is 21.9. The Morgan fingerprint density at radius 1 is 1.11 bits per heavy atom. The smallest absolute Gasteiger partial charge is 0.256 e. The maximum Gasteiger partial charge on any atom is 0.256 e. The molecule has 0 radical (unpaired) electrons. The molecule has 196 valence electrons. The van der Waals surface area contributed by atoms with E-state index >= 15 is 0 Å². The number of carbonyl (C=O) groups is 3. The number of benzene rings is 2. The van der Waals surface area contributed by atoms with Crippen molar-refractivity contribution in [1.29, 1.82) is 0 Å². The monoisotopic (exact) mass is 504 g/mol. The Kier molecular flexibility index (Phi) is 7.90. The molecule has 2 aliphatic heterocycles. The highest BCUT2D eigenvalue weighted by atomic mass is 16.5. The van der Waals surface area contributed by atoms with Crippen LogP contribution in [0, 0.1) is 11.3 Å². The highest BCUT2D eigenvalue weighted by Gasteiger charge is 2.53. The summed E-state index contributed by atoms with van der Waals surface area (Å²) in [5, 5.41) is 5.97. The van der Waals surface area contributed by atoms with E-state index in [0.717, 1.165) is 11.1 Å². The lowest BCUT2D eigenvalue weighted by molar-refractivity contribution is -0.147. The van der Waals surface area contributed by atoms with Crippen molar-refractivity contribution < 1.29 is 19.1 Å². The Hall–Kier alpha value is -3.36. The van der Waals surface area contributed by atoms with Gasteiger partial charge in [-0.05, 0) is 37.8 Å². The highest BCUT2D eigenvalue weighted by molar-refractivity contribution is 6.20. The van der Waals surface area contributed by atoms with Gasteiger partial charge in [0.25, 0.3) is 5.91 Å². The van der Waals surface area contributed by atoms with E-state index in [9.17, 15) is 14.4 Å². The van der Waals surface area contributed by atoms with Crippen molar-refractivity contribution in [2.75, 3.05) is 26.7 Å². The highest BCUT2D eigenvalue weighted by Crippen LogP contribution is 2.40. The standard InChI is InChI=1S/C29H36N4O4/c1-28(2,30)24(34)17-23(19-37-18-21-11-6-4-7-12-21)26(35)33-16-10-15-29(20-33)25(31-32(3)27(29)36)22-13-8-5-9-14-22/h4-9,11-14,23H,10,15-20,30H2,1-3H3/t23-,29?/m1/s1. The zero-order valence-corrected chi connectivity index (χ0v) is 21.9. The molecule has 2 aliphatic rings. The third kappa shape index (κ3) is 5.81. The minimum atomic E-state index is -1.06. The number of piperidine rings is 1. The van der Waals surface area contributed by atoms with E-state index in [1.54, 1.807) is 25.8 Å². The molecule has 2 atom stereocenters. The number of likely N-dealkylation sites (tertiary alicyclic amines) is 1. The van der Waals surface area contributed by atoms with Crippen LogP contribution in [0.3, 0.4) is 0 Å². The van der Waals surface area contributed by atoms with Crippen molar-refractivity contribution >= 4 is 23.3 Å². The number of nitrogens with zero attached hydrogens (tertiary/aromatic N) is 3. The van der Waals surface area contributed by atoms with Crippen LogP contribution in [-0.4, -0.2) is 65.5 Å². The molecule has 8 nitrogen and oxygen atoms in total. The van der Waals surface area contributed by atoms with Gasteiger partial charge in [-0.25, -0.2) is 5.01 Å². The van der Waals surface area contributed by atoms with Crippen LogP contribution in [0.25, 0.3) is 0 Å². The first-order valence-corrected chi connectivity index (χ1v) is 12.8. The third-order valence-corrected chi connectivity index (χ3v) is 7.19. The van der Waals surface area contributed by atoms with Gasteiger partial charge in [0.05, 0.1) is 30.4 Å². The van der Waals surface area contributed by atoms with Crippen LogP contribution in [0.4, 0.5) is 0 Å². The topological polar surface area (TPSA) is 105 Å². The summed E-state index contributed by atoms with van der Waals surface area (Å²) in [5.41, 5.74) is 6.64. The van der Waals surface area contributed by atoms with Gasteiger partial charge < -0.3 is 15.4 Å². The lowest BCUT2D eigenvalue weighted by atomic mass is 9.73. The van der Waals surface area contributed by atoms with Gasteiger partial charge in [0.1, 0.15) is 5.41 Å². The normalized spacial score (nSPS) is 20.8. The average molecular weight is 505 g/mol. The summed E-state index contributed by atoms with van der Waals surface area (Å²) in [7, 11) is 1.66. The minimum absolute atomic E-state index is 0.0197. The van der Waals surface area contributed by atoms with Gasteiger partial charge in [0.15, 0.2) is 5.78 Å². The second-order valence-electron chi connectivity index (χ2n) is 10.6. The van der Waals surface area contributed by atoms with Gasteiger partial charge >= 0.3 is 0 Å². The van der Waals surface area contributed by atoms with Gasteiger partial charge in [-0.15, -0.1) is 0 Å². The van der Waals surface area contributed by atoms with Crippen molar-refractivity contribution in [1.82, 2.24) is 9.91 Å². The van der Waals surface area contributed by atoms with Crippen LogP contribution in [0.2, 0.25) is 0 Å². The Balaban J connectivity index is 1.55. The number of carbonyl (C=O) groups excluding carboxylic acids is 3. The predicted octanol–water partition coefficient (Wildman–Crippen LogP) is 3.00. The lowest BCUT2D eigenvalue weighted by Gasteiger charge is -2.40. The Labute approximate surface area is 218 Å². The zero-order chi connectivity index (χ0) is 26.6. The molecule has 0 bridgehead atoms. The van der Waals surface area contributed by atoms with Crippen molar-refractivity contribution in [3.63, 3.8) is 0 Å². The van der Waals surface area contributed by atoms with E-state index in [2.05, 4.69) is 5.10 Å². The van der Waals surface area contributed by atoms with Crippen LogP contribution >= 0.6 is 0 Å². The molecule has 2 N–H and O–H groups in total. The number of hydrazone groups is 1. The molecule has 4 rings (SSSR count). The summed E-state index contributed by atoms with van der Waals surface area (Å²) in [6.45, 7) is 4.45. The number of ether oxygens (including phenoxy) is 1. The van der Waals surface area contributed by atoms with Crippen LogP contribution < -0.4 is 5.73 Å². The maximum absolute atomic E-state index is 13.9. The maximum atomic E-state index is 13.9. The Morgan fingerprint density at radius 2 is 1.76 bits per heavy atom. The molecule has 2 heterocycles. The summed E-state index contributed by atoms with van der Waals surface area (Å²) in [6.07, 6.45) is 1.25. The van der Waals surface area contributed by atoms with Crippen LogP contribution in [0.1, 0.15) is 44.2 Å². The van der Waals surface area contributed by atoms with Crippen LogP contribution in [-0.2, 0) is 25.7 Å². The predicted molar refractivity (Wildman–Crippen MR) is 141 cm³/mol. The molecule has 1 saturated heterocycles. The summed E-state index contributed by atoms with van der Waals surface area (Å²) in [5.74, 6) is -1.20. The van der Waals surface area contributed by atoms with Crippen molar-refractivity contribution in [3.8, 4) is 0 Å². The fourth-order valence-corrected chi connectivity index (χ4v) is 5.10. The minimum Gasteiger partial charge on any atom is -0.376 e. The number of ketones is 1. The van der Waals surface area contributed by atoms with E-state index in [4.69, 9.17) is 10.5 Å². The first-order chi connectivity index (χ1) is 17.6. The molecule has 1 unspecified atom stereocenters. The summed E-state index contributed by atoms with van der Waals surface area (Å²) in [6, 6.07) is 19.3. The molecule has 1 spiro atoms. The second-order valence-corrected chi connectivity index (χ2v) is 10.6. The molecule has 8 heteroatoms. The number of rotatable bonds is 9. The molecule has 2 aromatic carbocycles. The van der Waals surface area contributed by atoms with Gasteiger partial charge in [-0.3, -0.25) is 14.4 Å². The fraction of sp³-hybridized carbons (Fsp3) is 0.448. The molecular weight excluding hydrogens is 468 g/mol. The van der Waals surface area contributed by atoms with E-state index < -0.39 is 16.9 Å². The number of amides is 2. The Bertz CT molecular complexity index is 1160. The molecule has 0 aliphatic carbocycles. The molecule has 0 aromatic heterocycles. The largest absolute Gasteiger partial charge is 0.376 e. The second kappa shape index (κ2) is 10.9. The van der Waals surface area contributed by atoms with E-state index in [-0.39, 0.29) is 37.2 Å². The van der Waals surface area contributed by atoms with Crippen molar-refractivity contribution in [3.05, 3.63) is 71.8 Å². The van der Waals surface area contributed by atoms with E-state index in [0.29, 0.717) is 31.7 Å². The van der Waals surface area contributed by atoms with Gasteiger partial charge in [-0.1, -0.05) is 60.7 Å². The first-order valence-electron chi connectivity index (χ1n) is 12.8. The molecular formula is C29H36N4O4. The summed E-state index contributed by atoms with van der Waals surface area (Å²) < 4.78 is 5.91. The third-order valence-electron chi connectivity index (χ3n) is 7.19. The molecule has 37 heavy (non-hydrogen) atoms. The van der Waals surface area contributed by atoms with Gasteiger partial charge in [-0.2, -0.15) is 5.10 Å². The summed E-state index contributed by atoms with van der Waals surface area (Å²) in [4.78, 5) is 41.8. The van der Waals surface area contributed by atoms with Gasteiger partial charge in [0, 0.05) is 26.6 Å². The van der Waals surface area contributed by atoms with E-state index in [1.165, 1.54) is 5.01 Å². The number of hydrogen-bond donors (Lipinski definition) is 1. The molecule has 2 amide bonds. The lowest BCUT2D eigenvalue weighted by Crippen LogP contribution is -2.55. The fourth-order valence-electron chi connectivity index (χ4n) is 5.10. The average Bonchev–Trinajstić information content (AvgIpc) is 3.13. The summed E-state index contributed by atoms with van der Waals surface area (Å²) >= 11 is 0. The van der Waals surface area contributed by atoms with Crippen LogP contribution in [0.5, 0.6) is 0 Å². The number of Topliss-reactive ketones (excluding diaryl/α,β-unsaturated/α-hetero) is 1. The molecule has 2 aromatic rings. The molecule has 0 saturated carbocycles. The van der Waals surface area contributed by atoms with Crippen molar-refractivity contribution in [2.24, 2.45) is 22.2 Å². The number of hydrogen-bond acceptors (Lipinski definition) is 6. The Morgan fingerprint density at radius 3 is 2.41 bits per heavy atom. The quantitative estimate of drug-likeness (QED) is 0.565. The SMILES string of the molecule is CN1N=C(c2ccccc2)C2(CCCN(C(=O)[C@@H](COCc3ccccc3)CC(=O)C(C)(C)N)C2)C1=O. The first kappa shape index (κ1) is 26.7. The number of nitrogens with two attached hydrogens (primary N) is 1. The molecule has 1 fully saturated rings. The van der Waals surface area contributed by atoms with Crippen LogP contribution in [0.15, 0.2) is 65.8 Å². The van der Waals surface area contributed by atoms with E-state index in [1.807, 2.05) is 60.7 Å². The van der Waals surface area contributed by atoms with Gasteiger partial charge in [0.2, 0.25) is 5.91 Å². The van der Waals surface area contributed by atoms with Crippen molar-refractivity contribution in [2.45, 2.75) is 45.3 Å².